The Kier molecular flexibility index (Phi) is 4.15. The second kappa shape index (κ2) is 6.30. The van der Waals surface area contributed by atoms with E-state index in [4.69, 9.17) is 10.5 Å². The van der Waals surface area contributed by atoms with Gasteiger partial charge in [-0.2, -0.15) is 10.5 Å². The first kappa shape index (κ1) is 17.1. The van der Waals surface area contributed by atoms with Gasteiger partial charge in [0, 0.05) is 5.56 Å². The summed E-state index contributed by atoms with van der Waals surface area (Å²) in [4.78, 5) is 26.1. The number of carbonyl (C=O) groups is 2. The van der Waals surface area contributed by atoms with Gasteiger partial charge < -0.3 is 5.32 Å². The predicted molar refractivity (Wildman–Crippen MR) is 88.7 cm³/mol. The molecule has 0 bridgehead atoms. The van der Waals surface area contributed by atoms with Crippen molar-refractivity contribution in [2.75, 3.05) is 0 Å². The summed E-state index contributed by atoms with van der Waals surface area (Å²) in [5, 5.41) is 20.4. The van der Waals surface area contributed by atoms with E-state index in [0.717, 1.165) is 11.0 Å². The SMILES string of the molecule is C[C@]1(c2cccc(C#N)c2)NC(=O)N(Cc2ccc(C#N)cc2F)C1=O. The highest BCUT2D eigenvalue weighted by atomic mass is 19.1. The maximum Gasteiger partial charge on any atom is 0.325 e. The third-order valence-electron chi connectivity index (χ3n) is 4.35. The first-order chi connectivity index (χ1) is 12.4. The molecule has 1 aliphatic heterocycles. The van der Waals surface area contributed by atoms with Crippen LogP contribution in [0.15, 0.2) is 42.5 Å². The van der Waals surface area contributed by atoms with E-state index in [1.165, 1.54) is 18.2 Å². The van der Waals surface area contributed by atoms with Gasteiger partial charge in [0.15, 0.2) is 0 Å². The molecule has 0 unspecified atom stereocenters. The lowest BCUT2D eigenvalue weighted by Gasteiger charge is -2.22. The summed E-state index contributed by atoms with van der Waals surface area (Å²) >= 11 is 0. The molecule has 3 amide bonds. The van der Waals surface area contributed by atoms with Gasteiger partial charge in [0.1, 0.15) is 11.4 Å². The van der Waals surface area contributed by atoms with Gasteiger partial charge >= 0.3 is 6.03 Å². The maximum atomic E-state index is 14.1. The highest BCUT2D eigenvalue weighted by Gasteiger charge is 2.49. The number of rotatable bonds is 3. The molecule has 1 N–H and O–H groups in total. The lowest BCUT2D eigenvalue weighted by Crippen LogP contribution is -2.40. The fraction of sp³-hybridized carbons (Fsp3) is 0.158. The molecule has 128 valence electrons. The number of urea groups is 1. The van der Waals surface area contributed by atoms with Gasteiger partial charge in [0.05, 0.1) is 29.8 Å². The highest BCUT2D eigenvalue weighted by Crippen LogP contribution is 2.30. The molecule has 0 radical (unpaired) electrons. The molecule has 6 nitrogen and oxygen atoms in total. The fourth-order valence-electron chi connectivity index (χ4n) is 2.85. The minimum absolute atomic E-state index is 0.127. The molecular formula is C19H13FN4O2. The number of imide groups is 1. The first-order valence-corrected chi connectivity index (χ1v) is 7.72. The predicted octanol–water partition coefficient (Wildman–Crippen LogP) is 2.54. The van der Waals surface area contributed by atoms with Crippen molar-refractivity contribution >= 4 is 11.9 Å². The van der Waals surface area contributed by atoms with E-state index in [9.17, 15) is 14.0 Å². The number of hydrogen-bond donors (Lipinski definition) is 1. The van der Waals surface area contributed by atoms with Crippen molar-refractivity contribution in [3.63, 3.8) is 0 Å². The maximum absolute atomic E-state index is 14.1. The second-order valence-corrected chi connectivity index (χ2v) is 6.06. The summed E-state index contributed by atoms with van der Waals surface area (Å²) in [5.74, 6) is -1.20. The van der Waals surface area contributed by atoms with Crippen LogP contribution in [0.5, 0.6) is 0 Å². The van der Waals surface area contributed by atoms with Crippen LogP contribution in [-0.4, -0.2) is 16.8 Å². The summed E-state index contributed by atoms with van der Waals surface area (Å²) in [6.07, 6.45) is 0. The second-order valence-electron chi connectivity index (χ2n) is 6.06. The Morgan fingerprint density at radius 3 is 2.46 bits per heavy atom. The number of carbonyl (C=O) groups excluding carboxylic acids is 2. The van der Waals surface area contributed by atoms with Crippen LogP contribution in [0.3, 0.4) is 0 Å². The molecule has 7 heteroatoms. The first-order valence-electron chi connectivity index (χ1n) is 7.72. The molecule has 2 aromatic rings. The van der Waals surface area contributed by atoms with Crippen molar-refractivity contribution in [2.45, 2.75) is 19.0 Å². The minimum Gasteiger partial charge on any atom is -0.319 e. The van der Waals surface area contributed by atoms with Crippen LogP contribution in [-0.2, 0) is 16.9 Å². The number of benzene rings is 2. The molecule has 0 spiro atoms. The van der Waals surface area contributed by atoms with E-state index < -0.39 is 23.3 Å². The Morgan fingerprint density at radius 2 is 1.81 bits per heavy atom. The molecule has 3 rings (SSSR count). The molecule has 1 atom stereocenters. The number of hydrogen-bond acceptors (Lipinski definition) is 4. The monoisotopic (exact) mass is 348 g/mol. The van der Waals surface area contributed by atoms with E-state index in [-0.39, 0.29) is 17.7 Å². The molecular weight excluding hydrogens is 335 g/mol. The van der Waals surface area contributed by atoms with Gasteiger partial charge in [-0.05, 0) is 36.8 Å². The van der Waals surface area contributed by atoms with Crippen molar-refractivity contribution in [1.29, 1.82) is 10.5 Å². The van der Waals surface area contributed by atoms with Crippen LogP contribution in [0.25, 0.3) is 0 Å². The summed E-state index contributed by atoms with van der Waals surface area (Å²) in [5.41, 5.74) is -0.225. The Labute approximate surface area is 149 Å². The molecule has 0 aromatic heterocycles. The normalized spacial score (nSPS) is 19.0. The summed E-state index contributed by atoms with van der Waals surface area (Å²) in [6, 6.07) is 13.4. The van der Waals surface area contributed by atoms with E-state index in [2.05, 4.69) is 5.32 Å². The summed E-state index contributed by atoms with van der Waals surface area (Å²) in [6.45, 7) is 1.29. The van der Waals surface area contributed by atoms with Crippen molar-refractivity contribution in [3.8, 4) is 12.1 Å². The molecule has 1 saturated heterocycles. The third kappa shape index (κ3) is 2.76. The van der Waals surface area contributed by atoms with Crippen LogP contribution >= 0.6 is 0 Å². The molecule has 0 saturated carbocycles. The van der Waals surface area contributed by atoms with E-state index in [1.54, 1.807) is 25.1 Å². The number of nitrogens with zero attached hydrogens (tertiary/aromatic N) is 3. The van der Waals surface area contributed by atoms with Gasteiger partial charge in [-0.1, -0.05) is 18.2 Å². The molecule has 1 fully saturated rings. The average molecular weight is 348 g/mol. The number of nitriles is 2. The Hall–Kier alpha value is -3.71. The number of amides is 3. The van der Waals surface area contributed by atoms with Crippen LogP contribution in [0.2, 0.25) is 0 Å². The molecule has 0 aliphatic carbocycles. The van der Waals surface area contributed by atoms with Crippen molar-refractivity contribution < 1.29 is 14.0 Å². The molecule has 1 heterocycles. The van der Waals surface area contributed by atoms with Gasteiger partial charge in [-0.25, -0.2) is 9.18 Å². The van der Waals surface area contributed by atoms with Crippen LogP contribution in [0, 0.1) is 28.5 Å². The van der Waals surface area contributed by atoms with Gasteiger partial charge in [0.2, 0.25) is 0 Å². The molecule has 26 heavy (non-hydrogen) atoms. The van der Waals surface area contributed by atoms with Crippen molar-refractivity contribution in [2.24, 2.45) is 0 Å². The number of halogens is 1. The summed E-state index contributed by atoms with van der Waals surface area (Å²) < 4.78 is 14.1. The molecule has 1 aliphatic rings. The quantitative estimate of drug-likeness (QED) is 0.862. The van der Waals surface area contributed by atoms with Crippen LogP contribution in [0.1, 0.15) is 29.2 Å². The highest BCUT2D eigenvalue weighted by molar-refractivity contribution is 6.07. The van der Waals surface area contributed by atoms with Gasteiger partial charge in [-0.15, -0.1) is 0 Å². The topological polar surface area (TPSA) is 97.0 Å². The summed E-state index contributed by atoms with van der Waals surface area (Å²) in [7, 11) is 0. The van der Waals surface area contributed by atoms with E-state index in [1.807, 2.05) is 12.1 Å². The van der Waals surface area contributed by atoms with E-state index in [0.29, 0.717) is 11.1 Å². The van der Waals surface area contributed by atoms with Gasteiger partial charge in [-0.3, -0.25) is 9.69 Å². The fourth-order valence-corrected chi connectivity index (χ4v) is 2.85. The Bertz CT molecular complexity index is 1010. The zero-order valence-electron chi connectivity index (χ0n) is 13.8. The average Bonchev–Trinajstić information content (AvgIpc) is 2.87. The van der Waals surface area contributed by atoms with Crippen LogP contribution in [0.4, 0.5) is 9.18 Å². The standard InChI is InChI=1S/C19H13FN4O2/c1-19(15-4-2-3-12(7-15)9-21)17(25)24(18(26)23-19)11-14-6-5-13(10-22)8-16(14)20/h2-8H,11H2,1H3,(H,23,26)/t19-/m1/s1. The van der Waals surface area contributed by atoms with Gasteiger partial charge in [0.25, 0.3) is 5.91 Å². The van der Waals surface area contributed by atoms with E-state index >= 15 is 0 Å². The zero-order chi connectivity index (χ0) is 18.9. The Balaban J connectivity index is 1.92. The molecule has 2 aromatic carbocycles. The van der Waals surface area contributed by atoms with Crippen molar-refractivity contribution in [1.82, 2.24) is 10.2 Å². The van der Waals surface area contributed by atoms with Crippen molar-refractivity contribution in [3.05, 3.63) is 70.5 Å². The third-order valence-corrected chi connectivity index (χ3v) is 4.35. The Morgan fingerprint density at radius 1 is 1.12 bits per heavy atom. The van der Waals surface area contributed by atoms with Crippen LogP contribution < -0.4 is 5.32 Å². The lowest BCUT2D eigenvalue weighted by atomic mass is 9.91. The zero-order valence-corrected chi connectivity index (χ0v) is 13.8. The smallest absolute Gasteiger partial charge is 0.319 e. The lowest BCUT2D eigenvalue weighted by molar-refractivity contribution is -0.131. The minimum atomic E-state index is -1.34. The number of nitrogens with one attached hydrogen (secondary N) is 1. The largest absolute Gasteiger partial charge is 0.325 e.